The molecule has 11 nitrogen and oxygen atoms in total. The number of carbonyl (C=O) groups is 2. The summed E-state index contributed by atoms with van der Waals surface area (Å²) in [5.41, 5.74) is 2.59. The maximum absolute atomic E-state index is 13.6. The summed E-state index contributed by atoms with van der Waals surface area (Å²) in [7, 11) is 0. The highest BCUT2D eigenvalue weighted by Gasteiger charge is 2.41. The molecular formula is C32H42N7O4S+. The summed E-state index contributed by atoms with van der Waals surface area (Å²) in [6.07, 6.45) is 5.59. The van der Waals surface area contributed by atoms with Gasteiger partial charge < -0.3 is 19.4 Å². The van der Waals surface area contributed by atoms with Crippen molar-refractivity contribution in [2.24, 2.45) is 0 Å². The molecule has 4 saturated heterocycles. The number of pyridine rings is 1. The van der Waals surface area contributed by atoms with Gasteiger partial charge in [0.25, 0.3) is 11.5 Å². The topological polar surface area (TPSA) is 111 Å². The summed E-state index contributed by atoms with van der Waals surface area (Å²) in [4.78, 5) is 54.5. The molecule has 7 heterocycles. The smallest absolute Gasteiger partial charge is 0.328 e. The number of aryl methyl sites for hydroxylation is 2. The fourth-order valence-electron chi connectivity index (χ4n) is 6.42. The van der Waals surface area contributed by atoms with Crippen LogP contribution in [0.1, 0.15) is 42.6 Å². The third-order valence-electron chi connectivity index (χ3n) is 9.32. The van der Waals surface area contributed by atoms with E-state index in [9.17, 15) is 19.5 Å². The number of carbonyl (C=O) groups excluding carboxylic acids is 1. The molecule has 1 amide bonds. The molecule has 4 aliphatic heterocycles. The highest BCUT2D eigenvalue weighted by atomic mass is 32.1. The number of nitrogens with zero attached hydrogens (tertiary/aromatic N) is 7. The summed E-state index contributed by atoms with van der Waals surface area (Å²) in [5.74, 6) is -0.480. The second kappa shape index (κ2) is 12.1. The number of quaternary nitrogens is 1. The fraction of sp³-hybridized carbons (Fsp3) is 0.531. The number of hydrogen-bond acceptors (Lipinski definition) is 8. The van der Waals surface area contributed by atoms with Gasteiger partial charge in [0, 0.05) is 75.3 Å². The standard InChI is InChI=1S/C32H41N7O4S/c1-32(2,3)25-22-44-27(33-25)6-4-23-8-9-38-26(20-23)34-30(24(31(38)43)5-7-29(41)42)37-12-10-36(11-13-37)28(40)21-39-17-14-35(15-18-39)16-19-39/h5,7-9,20,22H,4,6,10-19,21H2,1-3H3/p+1. The Balaban J connectivity index is 1.20. The zero-order chi connectivity index (χ0) is 31.1. The predicted octanol–water partition coefficient (Wildman–Crippen LogP) is 2.13. The normalized spacial score (nSPS) is 22.3. The molecule has 12 heteroatoms. The third kappa shape index (κ3) is 6.43. The molecule has 1 N–H and O–H groups in total. The lowest BCUT2D eigenvalue weighted by atomic mass is 9.93. The number of carboxylic acid groups (broad SMARTS) is 1. The first-order valence-corrected chi connectivity index (χ1v) is 16.4. The van der Waals surface area contributed by atoms with Crippen LogP contribution in [0, 0.1) is 0 Å². The monoisotopic (exact) mass is 620 g/mol. The lowest BCUT2D eigenvalue weighted by molar-refractivity contribution is -0.934. The highest BCUT2D eigenvalue weighted by Crippen LogP contribution is 2.26. The Morgan fingerprint density at radius 1 is 1.02 bits per heavy atom. The molecule has 0 saturated carbocycles. The van der Waals surface area contributed by atoms with Gasteiger partial charge in [-0.1, -0.05) is 20.8 Å². The van der Waals surface area contributed by atoms with Gasteiger partial charge in [0.15, 0.2) is 6.54 Å². The number of anilines is 1. The van der Waals surface area contributed by atoms with E-state index in [-0.39, 0.29) is 22.4 Å². The molecule has 7 rings (SSSR count). The summed E-state index contributed by atoms with van der Waals surface area (Å²) >= 11 is 1.67. The van der Waals surface area contributed by atoms with Crippen LogP contribution in [0.25, 0.3) is 11.7 Å². The molecule has 0 aromatic carbocycles. The minimum Gasteiger partial charge on any atom is -0.478 e. The van der Waals surface area contributed by atoms with Crippen LogP contribution in [-0.4, -0.2) is 118 Å². The number of hydrogen-bond donors (Lipinski definition) is 1. The first-order valence-electron chi connectivity index (χ1n) is 15.5. The molecule has 3 aromatic heterocycles. The zero-order valence-electron chi connectivity index (χ0n) is 25.9. The molecule has 0 atom stereocenters. The first-order chi connectivity index (χ1) is 21.0. The Morgan fingerprint density at radius 3 is 2.36 bits per heavy atom. The average Bonchev–Trinajstić information content (AvgIpc) is 3.50. The van der Waals surface area contributed by atoms with Gasteiger partial charge in [-0.3, -0.25) is 18.9 Å². The lowest BCUT2D eigenvalue weighted by Gasteiger charge is -2.50. The highest BCUT2D eigenvalue weighted by molar-refractivity contribution is 7.09. The Morgan fingerprint density at radius 2 is 1.73 bits per heavy atom. The van der Waals surface area contributed by atoms with Gasteiger partial charge in [-0.25, -0.2) is 14.8 Å². The van der Waals surface area contributed by atoms with E-state index in [0.29, 0.717) is 44.2 Å². The average molecular weight is 621 g/mol. The van der Waals surface area contributed by atoms with Gasteiger partial charge in [0.1, 0.15) is 11.5 Å². The molecule has 2 bridgehead atoms. The van der Waals surface area contributed by atoms with Crippen molar-refractivity contribution < 1.29 is 19.2 Å². The summed E-state index contributed by atoms with van der Waals surface area (Å²) < 4.78 is 2.37. The molecule has 234 valence electrons. The first kappa shape index (κ1) is 30.4. The van der Waals surface area contributed by atoms with E-state index >= 15 is 0 Å². The number of aliphatic carboxylic acids is 1. The molecule has 4 aliphatic rings. The number of rotatable bonds is 8. The van der Waals surface area contributed by atoms with Gasteiger partial charge in [0.05, 0.1) is 35.9 Å². The number of piperazine rings is 4. The molecule has 3 aromatic rings. The number of carboxylic acids is 1. The summed E-state index contributed by atoms with van der Waals surface area (Å²) in [5, 5.41) is 12.5. The molecule has 4 fully saturated rings. The Hall–Kier alpha value is -3.61. The molecular weight excluding hydrogens is 578 g/mol. The van der Waals surface area contributed by atoms with E-state index in [0.717, 1.165) is 78.9 Å². The molecule has 0 aliphatic carbocycles. The van der Waals surface area contributed by atoms with Crippen LogP contribution in [0.3, 0.4) is 0 Å². The maximum atomic E-state index is 13.6. The SMILES string of the molecule is CC(C)(C)c1csc(CCc2ccn3c(=O)c(C=CC(=O)O)c(N4CCN(C(=O)C[N+]56CCN(CC5)CC6)CC4)nc3c2)n1. The predicted molar refractivity (Wildman–Crippen MR) is 171 cm³/mol. The van der Waals surface area contributed by atoms with E-state index in [2.05, 4.69) is 31.1 Å². The van der Waals surface area contributed by atoms with E-state index in [4.69, 9.17) is 9.97 Å². The van der Waals surface area contributed by atoms with Crippen molar-refractivity contribution in [1.29, 1.82) is 0 Å². The van der Waals surface area contributed by atoms with Crippen molar-refractivity contribution in [1.82, 2.24) is 24.2 Å². The second-order valence-electron chi connectivity index (χ2n) is 13.3. The quantitative estimate of drug-likeness (QED) is 0.301. The van der Waals surface area contributed by atoms with Crippen molar-refractivity contribution in [2.75, 3.05) is 76.9 Å². The Bertz CT molecular complexity index is 1630. The van der Waals surface area contributed by atoms with Crippen molar-refractivity contribution in [3.05, 3.63) is 62.0 Å². The van der Waals surface area contributed by atoms with Crippen LogP contribution in [0.2, 0.25) is 0 Å². The minimum absolute atomic E-state index is 0.0111. The van der Waals surface area contributed by atoms with Gasteiger partial charge in [-0.05, 0) is 30.2 Å². The Kier molecular flexibility index (Phi) is 8.33. The number of aromatic nitrogens is 3. The van der Waals surface area contributed by atoms with Crippen LogP contribution < -0.4 is 10.5 Å². The van der Waals surface area contributed by atoms with Crippen molar-refractivity contribution in [3.8, 4) is 0 Å². The van der Waals surface area contributed by atoms with E-state index in [1.54, 1.807) is 17.5 Å². The van der Waals surface area contributed by atoms with Crippen LogP contribution in [0.15, 0.2) is 34.6 Å². The molecule has 44 heavy (non-hydrogen) atoms. The largest absolute Gasteiger partial charge is 0.478 e. The second-order valence-corrected chi connectivity index (χ2v) is 14.3. The van der Waals surface area contributed by atoms with E-state index < -0.39 is 5.97 Å². The Labute approximate surface area is 261 Å². The van der Waals surface area contributed by atoms with Gasteiger partial charge >= 0.3 is 5.97 Å². The number of amides is 1. The number of fused-ring (bicyclic) bond motifs is 4. The summed E-state index contributed by atoms with van der Waals surface area (Å²) in [6.45, 7) is 15.5. The van der Waals surface area contributed by atoms with Gasteiger partial charge in [-0.15, -0.1) is 11.3 Å². The van der Waals surface area contributed by atoms with Crippen molar-refractivity contribution >= 4 is 40.8 Å². The van der Waals surface area contributed by atoms with Crippen LogP contribution in [0.5, 0.6) is 0 Å². The van der Waals surface area contributed by atoms with Gasteiger partial charge in [-0.2, -0.15) is 0 Å². The molecule has 0 radical (unpaired) electrons. The fourth-order valence-corrected chi connectivity index (χ4v) is 7.45. The van der Waals surface area contributed by atoms with Crippen LogP contribution in [-0.2, 0) is 27.8 Å². The molecule has 0 unspecified atom stereocenters. The maximum Gasteiger partial charge on any atom is 0.328 e. The van der Waals surface area contributed by atoms with Crippen molar-refractivity contribution in [3.63, 3.8) is 0 Å². The zero-order valence-corrected chi connectivity index (χ0v) is 26.7. The molecule has 0 spiro atoms. The third-order valence-corrected chi connectivity index (χ3v) is 10.2. The van der Waals surface area contributed by atoms with Crippen LogP contribution >= 0.6 is 11.3 Å². The van der Waals surface area contributed by atoms with E-state index in [1.807, 2.05) is 21.9 Å². The summed E-state index contributed by atoms with van der Waals surface area (Å²) in [6, 6.07) is 3.84. The van der Waals surface area contributed by atoms with Gasteiger partial charge in [0.2, 0.25) is 0 Å². The minimum atomic E-state index is -1.13. The lowest BCUT2D eigenvalue weighted by Crippen LogP contribution is -2.69. The number of thiazole rings is 1. The van der Waals surface area contributed by atoms with Crippen LogP contribution in [0.4, 0.5) is 5.82 Å². The van der Waals surface area contributed by atoms with E-state index in [1.165, 1.54) is 10.5 Å². The van der Waals surface area contributed by atoms with Crippen molar-refractivity contribution in [2.45, 2.75) is 39.0 Å².